The molecular formula is C21H22N6O3S. The van der Waals surface area contributed by atoms with E-state index in [9.17, 15) is 13.2 Å². The van der Waals surface area contributed by atoms with Gasteiger partial charge in [0.1, 0.15) is 6.33 Å². The summed E-state index contributed by atoms with van der Waals surface area (Å²) in [6.45, 7) is 2.79. The molecule has 2 atom stereocenters. The summed E-state index contributed by atoms with van der Waals surface area (Å²) in [6.07, 6.45) is 3.73. The van der Waals surface area contributed by atoms with Gasteiger partial charge in [0.2, 0.25) is 16.0 Å². The van der Waals surface area contributed by atoms with Crippen molar-refractivity contribution in [1.82, 2.24) is 23.8 Å². The van der Waals surface area contributed by atoms with E-state index in [-0.39, 0.29) is 17.6 Å². The van der Waals surface area contributed by atoms with Crippen molar-refractivity contribution in [2.75, 3.05) is 18.0 Å². The molecule has 0 aliphatic carbocycles. The molecular weight excluding hydrogens is 416 g/mol. The lowest BCUT2D eigenvalue weighted by Crippen LogP contribution is -2.50. The van der Waals surface area contributed by atoms with Crippen LogP contribution in [0.15, 0.2) is 58.6 Å². The summed E-state index contributed by atoms with van der Waals surface area (Å²) in [5.41, 5.74) is 1.88. The molecule has 9 nitrogen and oxygen atoms in total. The van der Waals surface area contributed by atoms with E-state index in [1.807, 2.05) is 24.0 Å². The molecule has 2 aliphatic heterocycles. The summed E-state index contributed by atoms with van der Waals surface area (Å²) in [7, 11) is -1.88. The van der Waals surface area contributed by atoms with Crippen LogP contribution >= 0.6 is 0 Å². The topological polar surface area (TPSA) is 101 Å². The second-order valence-corrected chi connectivity index (χ2v) is 9.91. The Hall–Kier alpha value is -3.11. The molecule has 1 aromatic carbocycles. The maximum atomic E-state index is 13.2. The van der Waals surface area contributed by atoms with E-state index in [2.05, 4.69) is 15.0 Å². The van der Waals surface area contributed by atoms with Gasteiger partial charge in [0.05, 0.1) is 16.3 Å². The molecule has 2 fully saturated rings. The van der Waals surface area contributed by atoms with Crippen LogP contribution in [0.2, 0.25) is 0 Å². The molecule has 2 unspecified atom stereocenters. The van der Waals surface area contributed by atoms with Gasteiger partial charge in [-0.15, -0.1) is 0 Å². The minimum atomic E-state index is -3.56. The highest BCUT2D eigenvalue weighted by molar-refractivity contribution is 7.89. The third-order valence-electron chi connectivity index (χ3n) is 6.03. The quantitative estimate of drug-likeness (QED) is 0.603. The Bertz CT molecular complexity index is 1290. The smallest absolute Gasteiger partial charge is 0.255 e. The van der Waals surface area contributed by atoms with Crippen molar-refractivity contribution in [3.05, 3.63) is 64.8 Å². The van der Waals surface area contributed by atoms with E-state index in [1.165, 1.54) is 17.0 Å². The first-order valence-electron chi connectivity index (χ1n) is 10.0. The Morgan fingerprint density at radius 1 is 1.03 bits per heavy atom. The molecule has 5 rings (SSSR count). The monoisotopic (exact) mass is 438 g/mol. The zero-order valence-electron chi connectivity index (χ0n) is 17.2. The number of anilines is 1. The molecule has 31 heavy (non-hydrogen) atoms. The van der Waals surface area contributed by atoms with Crippen LogP contribution in [0.4, 0.5) is 5.95 Å². The van der Waals surface area contributed by atoms with E-state index >= 15 is 0 Å². The maximum Gasteiger partial charge on any atom is 0.255 e. The number of benzene rings is 1. The van der Waals surface area contributed by atoms with Crippen LogP contribution < -0.4 is 10.5 Å². The summed E-state index contributed by atoms with van der Waals surface area (Å²) in [5, 5.41) is 0. The average Bonchev–Trinajstić information content (AvgIpc) is 3.38. The third-order valence-corrected chi connectivity index (χ3v) is 7.96. The summed E-state index contributed by atoms with van der Waals surface area (Å²) < 4.78 is 29.4. The van der Waals surface area contributed by atoms with E-state index in [1.54, 1.807) is 35.7 Å². The molecule has 4 heterocycles. The van der Waals surface area contributed by atoms with Crippen LogP contribution in [0, 0.1) is 6.92 Å². The zero-order valence-corrected chi connectivity index (χ0v) is 18.0. The van der Waals surface area contributed by atoms with Crippen LogP contribution in [0.5, 0.6) is 0 Å². The van der Waals surface area contributed by atoms with Crippen LogP contribution in [0.1, 0.15) is 12.0 Å². The molecule has 0 radical (unpaired) electrons. The number of aromatic nitrogens is 4. The Labute approximate surface area is 180 Å². The van der Waals surface area contributed by atoms with Gasteiger partial charge in [-0.25, -0.2) is 23.4 Å². The van der Waals surface area contributed by atoms with Gasteiger partial charge in [0.25, 0.3) is 5.56 Å². The molecule has 3 aromatic rings. The molecule has 0 N–H and O–H groups in total. The highest BCUT2D eigenvalue weighted by atomic mass is 32.2. The van der Waals surface area contributed by atoms with Crippen molar-refractivity contribution in [1.29, 1.82) is 0 Å². The Balaban J connectivity index is 1.44. The second-order valence-electron chi connectivity index (χ2n) is 8.02. The third kappa shape index (κ3) is 3.31. The minimum absolute atomic E-state index is 0.0380. The normalized spacial score (nSPS) is 21.0. The summed E-state index contributed by atoms with van der Waals surface area (Å²) in [5.74, 6) is 0.529. The van der Waals surface area contributed by atoms with E-state index in [4.69, 9.17) is 0 Å². The van der Waals surface area contributed by atoms with E-state index in [0.29, 0.717) is 41.7 Å². The fourth-order valence-corrected chi connectivity index (χ4v) is 6.04. The second kappa shape index (κ2) is 7.24. The van der Waals surface area contributed by atoms with Crippen molar-refractivity contribution >= 4 is 16.0 Å². The first kappa shape index (κ1) is 19.8. The SMILES string of the molecule is Cc1ccc(S(=O)(=O)N2CC3CC2CN3c2nc(-c3ccncn3)cc(=O)n2C)cc1. The number of hydrogen-bond donors (Lipinski definition) is 0. The highest BCUT2D eigenvalue weighted by Gasteiger charge is 2.49. The lowest BCUT2D eigenvalue weighted by Gasteiger charge is -2.34. The lowest BCUT2D eigenvalue weighted by molar-refractivity contribution is 0.365. The van der Waals surface area contributed by atoms with Gasteiger partial charge in [-0.2, -0.15) is 4.31 Å². The van der Waals surface area contributed by atoms with Crippen LogP contribution in [-0.2, 0) is 17.1 Å². The van der Waals surface area contributed by atoms with Gasteiger partial charge < -0.3 is 4.90 Å². The highest BCUT2D eigenvalue weighted by Crippen LogP contribution is 2.37. The van der Waals surface area contributed by atoms with Gasteiger partial charge in [0.15, 0.2) is 0 Å². The Morgan fingerprint density at radius 2 is 1.81 bits per heavy atom. The molecule has 2 bridgehead atoms. The summed E-state index contributed by atoms with van der Waals surface area (Å²) >= 11 is 0. The number of piperazine rings is 1. The van der Waals surface area contributed by atoms with Gasteiger partial charge >= 0.3 is 0 Å². The number of fused-ring (bicyclic) bond motifs is 2. The fourth-order valence-electron chi connectivity index (χ4n) is 4.37. The standard InChI is InChI=1S/C21H22N6O3S/c1-14-3-5-17(6-4-14)31(29,30)27-12-15-9-16(27)11-26(15)21-24-19(10-20(28)25(21)2)18-7-8-22-13-23-18/h3-8,10,13,15-16H,9,11-12H2,1-2H3. The Morgan fingerprint density at radius 3 is 2.45 bits per heavy atom. The molecule has 10 heteroatoms. The van der Waals surface area contributed by atoms with Crippen molar-refractivity contribution in [3.63, 3.8) is 0 Å². The molecule has 0 saturated carbocycles. The van der Waals surface area contributed by atoms with Crippen molar-refractivity contribution in [2.45, 2.75) is 30.3 Å². The molecule has 2 aromatic heterocycles. The van der Waals surface area contributed by atoms with Crippen LogP contribution in [0.25, 0.3) is 11.4 Å². The van der Waals surface area contributed by atoms with E-state index < -0.39 is 10.0 Å². The van der Waals surface area contributed by atoms with Crippen LogP contribution in [-0.4, -0.2) is 57.4 Å². The lowest BCUT2D eigenvalue weighted by atomic mass is 10.2. The zero-order chi connectivity index (χ0) is 21.8. The first-order chi connectivity index (χ1) is 14.8. The minimum Gasteiger partial charge on any atom is -0.336 e. The van der Waals surface area contributed by atoms with Gasteiger partial charge in [-0.3, -0.25) is 9.36 Å². The van der Waals surface area contributed by atoms with Crippen molar-refractivity contribution in [3.8, 4) is 11.4 Å². The van der Waals surface area contributed by atoms with Gasteiger partial charge in [-0.05, 0) is 31.5 Å². The summed E-state index contributed by atoms with van der Waals surface area (Å²) in [4.78, 5) is 27.7. The summed E-state index contributed by atoms with van der Waals surface area (Å²) in [6, 6.07) is 9.90. The average molecular weight is 439 g/mol. The Kier molecular flexibility index (Phi) is 4.63. The van der Waals surface area contributed by atoms with Crippen molar-refractivity contribution < 1.29 is 8.42 Å². The molecule has 0 amide bonds. The van der Waals surface area contributed by atoms with Crippen molar-refractivity contribution in [2.24, 2.45) is 7.05 Å². The maximum absolute atomic E-state index is 13.2. The number of sulfonamides is 1. The fraction of sp³-hybridized carbons (Fsp3) is 0.333. The van der Waals surface area contributed by atoms with Crippen LogP contribution in [0.3, 0.4) is 0 Å². The van der Waals surface area contributed by atoms with Gasteiger partial charge in [0, 0.05) is 44.5 Å². The van der Waals surface area contributed by atoms with Gasteiger partial charge in [-0.1, -0.05) is 17.7 Å². The molecule has 160 valence electrons. The molecule has 0 spiro atoms. The van der Waals surface area contributed by atoms with E-state index in [0.717, 1.165) is 5.56 Å². The largest absolute Gasteiger partial charge is 0.336 e. The number of hydrogen-bond acceptors (Lipinski definition) is 7. The number of aryl methyl sites for hydroxylation is 1. The number of nitrogens with zero attached hydrogens (tertiary/aromatic N) is 6. The number of rotatable bonds is 4. The first-order valence-corrected chi connectivity index (χ1v) is 11.5. The predicted molar refractivity (Wildman–Crippen MR) is 115 cm³/mol. The molecule has 2 aliphatic rings. The predicted octanol–water partition coefficient (Wildman–Crippen LogP) is 1.20. The molecule has 2 saturated heterocycles.